The van der Waals surface area contributed by atoms with Gasteiger partial charge in [0.15, 0.2) is 17.5 Å². The molecule has 3 aliphatic rings. The van der Waals surface area contributed by atoms with Crippen LogP contribution >= 0.6 is 0 Å². The van der Waals surface area contributed by atoms with Crippen LogP contribution in [0.1, 0.15) is 60.8 Å². The fourth-order valence-corrected chi connectivity index (χ4v) is 6.74. The van der Waals surface area contributed by atoms with Gasteiger partial charge in [-0.2, -0.15) is 0 Å². The van der Waals surface area contributed by atoms with E-state index in [1.54, 1.807) is 20.8 Å². The smallest absolute Gasteiger partial charge is 0.435 e. The molecule has 31 heavy (non-hydrogen) atoms. The summed E-state index contributed by atoms with van der Waals surface area (Å²) in [4.78, 5) is 26.0. The van der Waals surface area contributed by atoms with Crippen molar-refractivity contribution in [2.24, 2.45) is 16.7 Å². The molecule has 0 amide bonds. The first-order chi connectivity index (χ1) is 14.1. The minimum Gasteiger partial charge on any atom is -0.435 e. The Bertz CT molecular complexity index is 780. The standard InChI is InChI=1S/C23H36O8/c1-8-20(5)12-14(25)23(28)21(6)13(24)10-11-19(3,4)16(21)15(26)17(22(23,7)31-20)30-18(27)29-9-2/h8,13,15-17,24,26,28H,1,9-12H2,2-7H3/t13-,15-,16-,17-,20-,21-,22+,23-/m0/s1. The first-order valence-corrected chi connectivity index (χ1v) is 10.9. The number of ether oxygens (including phenoxy) is 3. The zero-order valence-corrected chi connectivity index (χ0v) is 19.3. The zero-order valence-electron chi connectivity index (χ0n) is 19.3. The third kappa shape index (κ3) is 3.02. The fraction of sp³-hybridized carbons (Fsp3) is 0.826. The number of hydrogen-bond donors (Lipinski definition) is 3. The molecule has 0 radical (unpaired) electrons. The molecule has 0 aromatic rings. The fourth-order valence-electron chi connectivity index (χ4n) is 6.74. The maximum Gasteiger partial charge on any atom is 0.508 e. The molecule has 3 N–H and O–H groups in total. The number of fused-ring (bicyclic) bond motifs is 3. The lowest BCUT2D eigenvalue weighted by Gasteiger charge is -2.71. The summed E-state index contributed by atoms with van der Waals surface area (Å²) < 4.78 is 16.7. The highest BCUT2D eigenvalue weighted by Gasteiger charge is 2.81. The first-order valence-electron chi connectivity index (χ1n) is 10.9. The van der Waals surface area contributed by atoms with Gasteiger partial charge in [0.25, 0.3) is 0 Å². The third-order valence-electron chi connectivity index (χ3n) is 8.21. The summed E-state index contributed by atoms with van der Waals surface area (Å²) >= 11 is 0. The second-order valence-electron chi connectivity index (χ2n) is 10.6. The molecule has 8 atom stereocenters. The summed E-state index contributed by atoms with van der Waals surface area (Å²) in [5, 5.41) is 35.0. The van der Waals surface area contributed by atoms with Gasteiger partial charge >= 0.3 is 6.16 Å². The van der Waals surface area contributed by atoms with Crippen molar-refractivity contribution in [1.29, 1.82) is 0 Å². The van der Waals surface area contributed by atoms with Gasteiger partial charge in [-0.15, -0.1) is 6.58 Å². The average Bonchev–Trinajstić information content (AvgIpc) is 2.66. The number of hydrogen-bond acceptors (Lipinski definition) is 8. The second kappa shape index (κ2) is 7.27. The zero-order chi connectivity index (χ0) is 23.6. The van der Waals surface area contributed by atoms with Crippen LogP contribution in [-0.4, -0.2) is 69.0 Å². The third-order valence-corrected chi connectivity index (χ3v) is 8.21. The van der Waals surface area contributed by atoms with Gasteiger partial charge in [0.05, 0.1) is 24.4 Å². The molecule has 2 aliphatic carbocycles. The lowest BCUT2D eigenvalue weighted by molar-refractivity contribution is -0.370. The van der Waals surface area contributed by atoms with Crippen LogP contribution < -0.4 is 0 Å². The van der Waals surface area contributed by atoms with Crippen LogP contribution in [-0.2, 0) is 19.0 Å². The molecule has 176 valence electrons. The number of ketones is 1. The molecule has 1 aliphatic heterocycles. The molecule has 0 spiro atoms. The van der Waals surface area contributed by atoms with E-state index in [1.165, 1.54) is 13.0 Å². The Balaban J connectivity index is 2.28. The molecule has 0 unspecified atom stereocenters. The Morgan fingerprint density at radius 2 is 1.87 bits per heavy atom. The number of carbonyl (C=O) groups excluding carboxylic acids is 2. The van der Waals surface area contributed by atoms with Gasteiger partial charge in [0.1, 0.15) is 5.60 Å². The van der Waals surface area contributed by atoms with Gasteiger partial charge < -0.3 is 29.5 Å². The Kier molecular flexibility index (Phi) is 5.67. The van der Waals surface area contributed by atoms with Crippen molar-refractivity contribution < 1.29 is 39.1 Å². The molecule has 0 bridgehead atoms. The Morgan fingerprint density at radius 1 is 1.26 bits per heavy atom. The lowest BCUT2D eigenvalue weighted by atomic mass is 9.40. The van der Waals surface area contributed by atoms with E-state index in [0.29, 0.717) is 12.8 Å². The lowest BCUT2D eigenvalue weighted by Crippen LogP contribution is -2.86. The Hall–Kier alpha value is -1.48. The van der Waals surface area contributed by atoms with Gasteiger partial charge in [0, 0.05) is 17.8 Å². The molecule has 8 heteroatoms. The van der Waals surface area contributed by atoms with E-state index in [2.05, 4.69) is 6.58 Å². The van der Waals surface area contributed by atoms with Gasteiger partial charge in [-0.1, -0.05) is 26.8 Å². The van der Waals surface area contributed by atoms with E-state index in [9.17, 15) is 24.9 Å². The maximum atomic E-state index is 13.7. The number of carbonyl (C=O) groups is 2. The predicted molar refractivity (Wildman–Crippen MR) is 111 cm³/mol. The summed E-state index contributed by atoms with van der Waals surface area (Å²) in [7, 11) is 0. The topological polar surface area (TPSA) is 123 Å². The molecule has 8 nitrogen and oxygen atoms in total. The minimum atomic E-state index is -2.24. The quantitative estimate of drug-likeness (QED) is 0.451. The van der Waals surface area contributed by atoms with Crippen molar-refractivity contribution in [2.75, 3.05) is 6.61 Å². The van der Waals surface area contributed by atoms with Crippen LogP contribution in [0.15, 0.2) is 12.7 Å². The SMILES string of the molecule is C=C[C@@]1(C)CC(=O)[C@]2(O)[C@@]3(C)[C@@H](O)CCC(C)(C)[C@@H]3[C@H](O)[C@H](OC(=O)OCC)[C@@]2(C)O1. The highest BCUT2D eigenvalue weighted by Crippen LogP contribution is 2.67. The van der Waals surface area contributed by atoms with E-state index >= 15 is 0 Å². The Labute approximate surface area is 183 Å². The summed E-state index contributed by atoms with van der Waals surface area (Å²) in [5.41, 5.74) is -7.28. The summed E-state index contributed by atoms with van der Waals surface area (Å²) in [6.45, 7) is 14.0. The molecular weight excluding hydrogens is 404 g/mol. The van der Waals surface area contributed by atoms with Crippen molar-refractivity contribution in [1.82, 2.24) is 0 Å². The molecule has 1 heterocycles. The largest absolute Gasteiger partial charge is 0.508 e. The number of aliphatic hydroxyl groups is 3. The van der Waals surface area contributed by atoms with Crippen molar-refractivity contribution in [2.45, 2.75) is 95.9 Å². The van der Waals surface area contributed by atoms with Gasteiger partial charge in [-0.3, -0.25) is 4.79 Å². The first kappa shape index (κ1) is 24.2. The van der Waals surface area contributed by atoms with E-state index in [1.807, 2.05) is 13.8 Å². The van der Waals surface area contributed by atoms with E-state index in [4.69, 9.17) is 14.2 Å². The molecule has 1 saturated heterocycles. The molecular formula is C23H36O8. The van der Waals surface area contributed by atoms with E-state index < -0.39 is 63.8 Å². The van der Waals surface area contributed by atoms with E-state index in [-0.39, 0.29) is 13.0 Å². The van der Waals surface area contributed by atoms with Crippen LogP contribution in [0.25, 0.3) is 0 Å². The summed E-state index contributed by atoms with van der Waals surface area (Å²) in [6.07, 6.45) is -2.65. The monoisotopic (exact) mass is 440 g/mol. The van der Waals surface area contributed by atoms with Crippen molar-refractivity contribution >= 4 is 11.9 Å². The minimum absolute atomic E-state index is 0.0537. The van der Waals surface area contributed by atoms with Gasteiger partial charge in [-0.05, 0) is 39.0 Å². The Morgan fingerprint density at radius 3 is 2.42 bits per heavy atom. The predicted octanol–water partition coefficient (Wildman–Crippen LogP) is 2.13. The number of Topliss-reactive ketones (excluding diaryl/α,β-unsaturated/α-hetero) is 1. The van der Waals surface area contributed by atoms with Crippen LogP contribution in [0.4, 0.5) is 4.79 Å². The molecule has 0 aromatic carbocycles. The van der Waals surface area contributed by atoms with Crippen LogP contribution in [0.3, 0.4) is 0 Å². The van der Waals surface area contributed by atoms with E-state index in [0.717, 1.165) is 0 Å². The van der Waals surface area contributed by atoms with Crippen LogP contribution in [0, 0.1) is 16.7 Å². The summed E-state index contributed by atoms with van der Waals surface area (Å²) in [6, 6.07) is 0. The molecule has 3 fully saturated rings. The van der Waals surface area contributed by atoms with Gasteiger partial charge in [0.2, 0.25) is 0 Å². The second-order valence-corrected chi connectivity index (χ2v) is 10.6. The summed E-state index contributed by atoms with van der Waals surface area (Å²) in [5.74, 6) is -1.31. The number of rotatable bonds is 3. The molecule has 0 aromatic heterocycles. The van der Waals surface area contributed by atoms with Crippen molar-refractivity contribution in [3.05, 3.63) is 12.7 Å². The number of aliphatic hydroxyl groups excluding tert-OH is 2. The highest BCUT2D eigenvalue weighted by molar-refractivity contribution is 5.92. The average molecular weight is 441 g/mol. The van der Waals surface area contributed by atoms with Crippen LogP contribution in [0.2, 0.25) is 0 Å². The normalized spacial score (nSPS) is 48.9. The van der Waals surface area contributed by atoms with Crippen molar-refractivity contribution in [3.8, 4) is 0 Å². The maximum absolute atomic E-state index is 13.7. The molecule has 2 saturated carbocycles. The molecule has 3 rings (SSSR count). The van der Waals surface area contributed by atoms with Crippen LogP contribution in [0.5, 0.6) is 0 Å². The highest BCUT2D eigenvalue weighted by atomic mass is 16.7. The van der Waals surface area contributed by atoms with Crippen molar-refractivity contribution in [3.63, 3.8) is 0 Å². The van der Waals surface area contributed by atoms with Gasteiger partial charge in [-0.25, -0.2) is 4.79 Å².